The summed E-state index contributed by atoms with van der Waals surface area (Å²) in [6.07, 6.45) is -3.84. The van der Waals surface area contributed by atoms with E-state index in [1.165, 1.54) is 24.3 Å². The van der Waals surface area contributed by atoms with Gasteiger partial charge in [0, 0.05) is 19.1 Å². The van der Waals surface area contributed by atoms with Crippen molar-refractivity contribution < 1.29 is 27.1 Å². The van der Waals surface area contributed by atoms with Crippen molar-refractivity contribution in [3.8, 4) is 16.9 Å². The van der Waals surface area contributed by atoms with Gasteiger partial charge in [-0.1, -0.05) is 18.2 Å². The highest BCUT2D eigenvalue weighted by molar-refractivity contribution is 5.80. The standard InChI is InChI=1S/C19H16F3NO4/c20-19(21,22)27-15-4-1-13(2-5-15)14-3-6-17-16(9-14)23(18(24)26-17)10-12-7-8-25-11-12/h1-6,9,12H,7-8,10-11H2/t12-/m1/s1. The van der Waals surface area contributed by atoms with Gasteiger partial charge in [-0.05, 0) is 41.8 Å². The second-order valence-electron chi connectivity index (χ2n) is 6.46. The van der Waals surface area contributed by atoms with Crippen LogP contribution in [0, 0.1) is 5.92 Å². The molecule has 8 heteroatoms. The number of aromatic nitrogens is 1. The Morgan fingerprint density at radius 3 is 2.52 bits per heavy atom. The number of nitrogens with zero attached hydrogens (tertiary/aromatic N) is 1. The lowest BCUT2D eigenvalue weighted by Crippen LogP contribution is -2.20. The maximum atomic E-state index is 12.3. The molecule has 0 N–H and O–H groups in total. The van der Waals surface area contributed by atoms with Crippen LogP contribution >= 0.6 is 0 Å². The molecule has 4 rings (SSSR count). The monoisotopic (exact) mass is 379 g/mol. The highest BCUT2D eigenvalue weighted by Gasteiger charge is 2.31. The maximum absolute atomic E-state index is 12.3. The molecule has 0 amide bonds. The van der Waals surface area contributed by atoms with E-state index in [-0.39, 0.29) is 11.7 Å². The van der Waals surface area contributed by atoms with Crippen LogP contribution < -0.4 is 10.5 Å². The number of hydrogen-bond donors (Lipinski definition) is 0. The molecule has 2 aromatic carbocycles. The zero-order chi connectivity index (χ0) is 19.0. The first kappa shape index (κ1) is 17.7. The normalized spacial score (nSPS) is 17.5. The molecule has 142 valence electrons. The minimum atomic E-state index is -4.72. The summed E-state index contributed by atoms with van der Waals surface area (Å²) in [7, 11) is 0. The Labute approximate surface area is 151 Å². The Morgan fingerprint density at radius 2 is 1.85 bits per heavy atom. The fourth-order valence-electron chi connectivity index (χ4n) is 3.25. The van der Waals surface area contributed by atoms with Crippen molar-refractivity contribution in [1.29, 1.82) is 0 Å². The average Bonchev–Trinajstić information content (AvgIpc) is 3.23. The Hall–Kier alpha value is -2.74. The van der Waals surface area contributed by atoms with Crippen LogP contribution in [-0.4, -0.2) is 24.1 Å². The highest BCUT2D eigenvalue weighted by Crippen LogP contribution is 2.29. The van der Waals surface area contributed by atoms with Crippen molar-refractivity contribution >= 4 is 11.1 Å². The smallest absolute Gasteiger partial charge is 0.408 e. The number of ether oxygens (including phenoxy) is 2. The van der Waals surface area contributed by atoms with Gasteiger partial charge in [0.15, 0.2) is 5.58 Å². The van der Waals surface area contributed by atoms with Gasteiger partial charge in [-0.2, -0.15) is 0 Å². The number of halogens is 3. The van der Waals surface area contributed by atoms with Crippen molar-refractivity contribution in [3.63, 3.8) is 0 Å². The topological polar surface area (TPSA) is 53.6 Å². The fourth-order valence-corrected chi connectivity index (χ4v) is 3.25. The van der Waals surface area contributed by atoms with E-state index in [1.807, 2.05) is 0 Å². The number of benzene rings is 2. The van der Waals surface area contributed by atoms with E-state index in [9.17, 15) is 18.0 Å². The molecule has 0 bridgehead atoms. The predicted molar refractivity (Wildman–Crippen MR) is 91.5 cm³/mol. The van der Waals surface area contributed by atoms with Gasteiger partial charge in [-0.3, -0.25) is 4.57 Å². The molecule has 2 heterocycles. The van der Waals surface area contributed by atoms with Crippen molar-refractivity contribution in [2.45, 2.75) is 19.3 Å². The van der Waals surface area contributed by atoms with E-state index >= 15 is 0 Å². The van der Waals surface area contributed by atoms with Gasteiger partial charge in [0.25, 0.3) is 0 Å². The van der Waals surface area contributed by atoms with Crippen LogP contribution in [-0.2, 0) is 11.3 Å². The molecule has 27 heavy (non-hydrogen) atoms. The molecule has 1 aromatic heterocycles. The summed E-state index contributed by atoms with van der Waals surface area (Å²) in [4.78, 5) is 12.2. The predicted octanol–water partition coefficient (Wildman–Crippen LogP) is 4.20. The number of rotatable bonds is 4. The fraction of sp³-hybridized carbons (Fsp3) is 0.316. The number of alkyl halides is 3. The van der Waals surface area contributed by atoms with Gasteiger partial charge in [-0.15, -0.1) is 13.2 Å². The largest absolute Gasteiger partial charge is 0.573 e. The van der Waals surface area contributed by atoms with Gasteiger partial charge in [0.05, 0.1) is 12.1 Å². The molecule has 0 unspecified atom stereocenters. The van der Waals surface area contributed by atoms with Crippen LogP contribution in [0.4, 0.5) is 13.2 Å². The average molecular weight is 379 g/mol. The minimum Gasteiger partial charge on any atom is -0.408 e. The lowest BCUT2D eigenvalue weighted by atomic mass is 10.0. The quantitative estimate of drug-likeness (QED) is 0.682. The Morgan fingerprint density at radius 1 is 1.11 bits per heavy atom. The molecule has 0 radical (unpaired) electrons. The molecule has 0 saturated carbocycles. The second-order valence-corrected chi connectivity index (χ2v) is 6.46. The van der Waals surface area contributed by atoms with Crippen LogP contribution in [0.2, 0.25) is 0 Å². The van der Waals surface area contributed by atoms with E-state index in [0.29, 0.717) is 36.4 Å². The van der Waals surface area contributed by atoms with Crippen LogP contribution in [0.3, 0.4) is 0 Å². The summed E-state index contributed by atoms with van der Waals surface area (Å²) in [5.74, 6) is -0.456. The first-order valence-electron chi connectivity index (χ1n) is 8.46. The van der Waals surface area contributed by atoms with Gasteiger partial charge >= 0.3 is 12.1 Å². The van der Waals surface area contributed by atoms with Gasteiger partial charge in [0.1, 0.15) is 5.75 Å². The maximum Gasteiger partial charge on any atom is 0.573 e. The lowest BCUT2D eigenvalue weighted by Gasteiger charge is -2.10. The van der Waals surface area contributed by atoms with Gasteiger partial charge in [-0.25, -0.2) is 4.79 Å². The summed E-state index contributed by atoms with van der Waals surface area (Å²) >= 11 is 0. The SMILES string of the molecule is O=c1oc2ccc(-c3ccc(OC(F)(F)F)cc3)cc2n1C[C@H]1CCOC1. The first-order valence-corrected chi connectivity index (χ1v) is 8.46. The Kier molecular flexibility index (Phi) is 4.43. The van der Waals surface area contributed by atoms with Crippen molar-refractivity contribution in [2.75, 3.05) is 13.2 Å². The number of hydrogen-bond acceptors (Lipinski definition) is 4. The lowest BCUT2D eigenvalue weighted by molar-refractivity contribution is -0.274. The Balaban J connectivity index is 1.65. The van der Waals surface area contributed by atoms with Crippen LogP contribution in [0.1, 0.15) is 6.42 Å². The molecule has 1 atom stereocenters. The molecule has 3 aromatic rings. The van der Waals surface area contributed by atoms with E-state index in [2.05, 4.69) is 4.74 Å². The second kappa shape index (κ2) is 6.77. The van der Waals surface area contributed by atoms with Crippen molar-refractivity contribution in [2.24, 2.45) is 5.92 Å². The van der Waals surface area contributed by atoms with E-state index in [1.54, 1.807) is 22.8 Å². The molecule has 0 aliphatic carbocycles. The van der Waals surface area contributed by atoms with Gasteiger partial charge < -0.3 is 13.9 Å². The summed E-state index contributed by atoms with van der Waals surface area (Å²) < 4.78 is 53.0. The molecule has 1 aliphatic heterocycles. The highest BCUT2D eigenvalue weighted by atomic mass is 19.4. The number of oxazole rings is 1. The Bertz CT molecular complexity index is 998. The van der Waals surface area contributed by atoms with Gasteiger partial charge in [0.2, 0.25) is 0 Å². The van der Waals surface area contributed by atoms with Crippen LogP contribution in [0.5, 0.6) is 5.75 Å². The molecular weight excluding hydrogens is 363 g/mol. The van der Waals surface area contributed by atoms with Crippen molar-refractivity contribution in [1.82, 2.24) is 4.57 Å². The first-order chi connectivity index (χ1) is 12.9. The van der Waals surface area contributed by atoms with Crippen molar-refractivity contribution in [3.05, 3.63) is 53.0 Å². The summed E-state index contributed by atoms with van der Waals surface area (Å²) in [6.45, 7) is 1.81. The van der Waals surface area contributed by atoms with E-state index < -0.39 is 12.1 Å². The van der Waals surface area contributed by atoms with E-state index in [0.717, 1.165) is 12.0 Å². The van der Waals surface area contributed by atoms with Crippen LogP contribution in [0.15, 0.2) is 51.7 Å². The molecule has 1 saturated heterocycles. The zero-order valence-electron chi connectivity index (χ0n) is 14.2. The molecular formula is C19H16F3NO4. The zero-order valence-corrected chi connectivity index (χ0v) is 14.2. The van der Waals surface area contributed by atoms with Crippen LogP contribution in [0.25, 0.3) is 22.2 Å². The summed E-state index contributed by atoms with van der Waals surface area (Å²) in [5, 5.41) is 0. The molecule has 1 fully saturated rings. The summed E-state index contributed by atoms with van der Waals surface area (Å²) in [5.41, 5.74) is 2.59. The molecule has 5 nitrogen and oxygen atoms in total. The minimum absolute atomic E-state index is 0.256. The third-order valence-corrected chi connectivity index (χ3v) is 4.55. The molecule has 0 spiro atoms. The van der Waals surface area contributed by atoms with E-state index in [4.69, 9.17) is 9.15 Å². The number of fused-ring (bicyclic) bond motifs is 1. The third kappa shape index (κ3) is 3.85. The third-order valence-electron chi connectivity index (χ3n) is 4.55. The summed E-state index contributed by atoms with van der Waals surface area (Å²) in [6, 6.07) is 10.8. The molecule has 1 aliphatic rings.